The van der Waals surface area contributed by atoms with Gasteiger partial charge >= 0.3 is 5.69 Å². The van der Waals surface area contributed by atoms with Gasteiger partial charge in [0, 0.05) is 24.4 Å². The van der Waals surface area contributed by atoms with Gasteiger partial charge in [0.2, 0.25) is 5.82 Å². The van der Waals surface area contributed by atoms with Crippen molar-refractivity contribution >= 4 is 29.1 Å². The van der Waals surface area contributed by atoms with Crippen LogP contribution in [0.15, 0.2) is 12.1 Å². The third-order valence-corrected chi connectivity index (χ3v) is 5.52. The van der Waals surface area contributed by atoms with E-state index >= 15 is 0 Å². The Balaban J connectivity index is 2.15. The lowest BCUT2D eigenvalue weighted by Gasteiger charge is -2.35. The molecule has 21 heavy (non-hydrogen) atoms. The maximum absolute atomic E-state index is 11.1. The van der Waals surface area contributed by atoms with E-state index in [1.165, 1.54) is 25.3 Å². The van der Waals surface area contributed by atoms with Crippen LogP contribution in [0, 0.1) is 10.1 Å². The zero-order chi connectivity index (χ0) is 15.3. The molecular weight excluding hydrogens is 288 g/mol. The molecule has 0 saturated heterocycles. The van der Waals surface area contributed by atoms with Crippen LogP contribution in [0.2, 0.25) is 0 Å². The molecule has 0 radical (unpaired) electrons. The van der Waals surface area contributed by atoms with Crippen LogP contribution in [-0.4, -0.2) is 34.5 Å². The van der Waals surface area contributed by atoms with Crippen LogP contribution in [-0.2, 0) is 0 Å². The van der Waals surface area contributed by atoms with Crippen LogP contribution >= 0.6 is 11.8 Å². The molecule has 0 spiro atoms. The highest BCUT2D eigenvalue weighted by Crippen LogP contribution is 2.39. The van der Waals surface area contributed by atoms with Gasteiger partial charge in [-0.15, -0.1) is 0 Å². The van der Waals surface area contributed by atoms with Crippen LogP contribution in [0.4, 0.5) is 17.3 Å². The van der Waals surface area contributed by atoms with Crippen molar-refractivity contribution in [2.75, 3.05) is 30.5 Å². The van der Waals surface area contributed by atoms with Crippen molar-refractivity contribution in [2.24, 2.45) is 0 Å². The van der Waals surface area contributed by atoms with Crippen molar-refractivity contribution in [3.8, 4) is 0 Å². The first-order chi connectivity index (χ1) is 10.1. The minimum Gasteiger partial charge on any atom is -0.373 e. The molecule has 2 N–H and O–H groups in total. The Hall–Kier alpha value is -1.50. The van der Waals surface area contributed by atoms with E-state index in [1.807, 2.05) is 11.8 Å². The lowest BCUT2D eigenvalue weighted by molar-refractivity contribution is -0.384. The average Bonchev–Trinajstić information content (AvgIpc) is 2.53. The minimum atomic E-state index is -0.387. The summed E-state index contributed by atoms with van der Waals surface area (Å²) in [6.07, 6.45) is 8.18. The van der Waals surface area contributed by atoms with E-state index in [1.54, 1.807) is 13.1 Å². The van der Waals surface area contributed by atoms with E-state index in [0.29, 0.717) is 11.6 Å². The van der Waals surface area contributed by atoms with Crippen molar-refractivity contribution in [1.82, 2.24) is 4.98 Å². The van der Waals surface area contributed by atoms with Crippen molar-refractivity contribution in [2.45, 2.75) is 36.9 Å². The van der Waals surface area contributed by atoms with E-state index < -0.39 is 0 Å². The van der Waals surface area contributed by atoms with Crippen LogP contribution in [0.25, 0.3) is 0 Å². The van der Waals surface area contributed by atoms with Gasteiger partial charge in [0.15, 0.2) is 0 Å². The molecule has 2 rings (SSSR count). The number of nitrogens with zero attached hydrogens (tertiary/aromatic N) is 2. The molecule has 7 heteroatoms. The molecule has 1 aliphatic carbocycles. The molecule has 0 aliphatic heterocycles. The largest absolute Gasteiger partial charge is 0.373 e. The summed E-state index contributed by atoms with van der Waals surface area (Å²) in [5.41, 5.74) is 0.0288. The fraction of sp³-hybridized carbons (Fsp3) is 0.643. The molecule has 116 valence electrons. The lowest BCUT2D eigenvalue weighted by atomic mass is 9.88. The SMILES string of the molecule is CNc1ccc([N+](=O)[O-])c(NCC2(SC)CCCCC2)n1. The predicted octanol–water partition coefficient (Wildman–Crippen LogP) is 3.51. The van der Waals surface area contributed by atoms with Gasteiger partial charge < -0.3 is 10.6 Å². The highest BCUT2D eigenvalue weighted by atomic mass is 32.2. The molecular formula is C14H22N4O2S. The topological polar surface area (TPSA) is 80.1 Å². The molecule has 0 atom stereocenters. The smallest absolute Gasteiger partial charge is 0.311 e. The number of rotatable bonds is 6. The number of nitro groups is 1. The fourth-order valence-electron chi connectivity index (χ4n) is 2.76. The summed E-state index contributed by atoms with van der Waals surface area (Å²) in [5, 5.41) is 17.3. The summed E-state index contributed by atoms with van der Waals surface area (Å²) >= 11 is 1.86. The zero-order valence-electron chi connectivity index (χ0n) is 12.5. The average molecular weight is 310 g/mol. The second-order valence-electron chi connectivity index (χ2n) is 5.37. The van der Waals surface area contributed by atoms with Gasteiger partial charge in [-0.05, 0) is 25.2 Å². The van der Waals surface area contributed by atoms with E-state index in [0.717, 1.165) is 19.4 Å². The molecule has 1 fully saturated rings. The monoisotopic (exact) mass is 310 g/mol. The molecule has 1 heterocycles. The molecule has 0 bridgehead atoms. The Bertz CT molecular complexity index is 504. The van der Waals surface area contributed by atoms with E-state index in [9.17, 15) is 10.1 Å². The quantitative estimate of drug-likeness (QED) is 0.618. The summed E-state index contributed by atoms with van der Waals surface area (Å²) < 4.78 is 0.170. The van der Waals surface area contributed by atoms with Crippen LogP contribution in [0.1, 0.15) is 32.1 Å². The maximum atomic E-state index is 11.1. The summed E-state index contributed by atoms with van der Waals surface area (Å²) in [6.45, 7) is 0.717. The summed E-state index contributed by atoms with van der Waals surface area (Å²) in [6, 6.07) is 3.11. The molecule has 0 amide bonds. The number of hydrogen-bond donors (Lipinski definition) is 2. The van der Waals surface area contributed by atoms with E-state index in [-0.39, 0.29) is 15.4 Å². The predicted molar refractivity (Wildman–Crippen MR) is 88.3 cm³/mol. The lowest BCUT2D eigenvalue weighted by Crippen LogP contribution is -2.35. The number of aromatic nitrogens is 1. The Morgan fingerprint density at radius 2 is 2.10 bits per heavy atom. The van der Waals surface area contributed by atoms with Gasteiger partial charge in [-0.2, -0.15) is 11.8 Å². The number of pyridine rings is 1. The van der Waals surface area contributed by atoms with Gasteiger partial charge in [0.05, 0.1) is 4.92 Å². The molecule has 1 saturated carbocycles. The molecule has 1 aromatic heterocycles. The first-order valence-corrected chi connectivity index (χ1v) is 8.45. The third-order valence-electron chi connectivity index (χ3n) is 4.10. The Labute approximate surface area is 129 Å². The zero-order valence-corrected chi connectivity index (χ0v) is 13.3. The normalized spacial score (nSPS) is 17.2. The van der Waals surface area contributed by atoms with Gasteiger partial charge in [0.1, 0.15) is 5.82 Å². The second-order valence-corrected chi connectivity index (χ2v) is 6.65. The fourth-order valence-corrected chi connectivity index (χ4v) is 3.68. The highest BCUT2D eigenvalue weighted by molar-refractivity contribution is 8.00. The minimum absolute atomic E-state index is 0.0288. The first kappa shape index (κ1) is 15.9. The van der Waals surface area contributed by atoms with Crippen molar-refractivity contribution in [3.05, 3.63) is 22.2 Å². The van der Waals surface area contributed by atoms with Crippen LogP contribution in [0.5, 0.6) is 0 Å². The highest BCUT2D eigenvalue weighted by Gasteiger charge is 2.31. The first-order valence-electron chi connectivity index (χ1n) is 7.22. The molecule has 0 aromatic carbocycles. The van der Waals surface area contributed by atoms with Crippen molar-refractivity contribution in [1.29, 1.82) is 0 Å². The van der Waals surface area contributed by atoms with Crippen LogP contribution < -0.4 is 10.6 Å². The molecule has 1 aliphatic rings. The number of anilines is 2. The number of nitrogens with one attached hydrogen (secondary N) is 2. The van der Waals surface area contributed by atoms with E-state index in [4.69, 9.17) is 0 Å². The standard InChI is InChI=1S/C14H22N4O2S/c1-15-12-7-6-11(18(19)20)13(17-12)16-10-14(21-2)8-4-3-5-9-14/h6-7H,3-5,8-10H2,1-2H3,(H2,15,16,17). The Morgan fingerprint density at radius 1 is 1.38 bits per heavy atom. The van der Waals surface area contributed by atoms with Crippen molar-refractivity contribution < 1.29 is 4.92 Å². The molecule has 0 unspecified atom stereocenters. The summed E-state index contributed by atoms with van der Waals surface area (Å²) in [7, 11) is 1.75. The van der Waals surface area contributed by atoms with Gasteiger partial charge in [-0.25, -0.2) is 4.98 Å². The van der Waals surface area contributed by atoms with Crippen LogP contribution in [0.3, 0.4) is 0 Å². The van der Waals surface area contributed by atoms with E-state index in [2.05, 4.69) is 21.9 Å². The molecule has 1 aromatic rings. The van der Waals surface area contributed by atoms with Gasteiger partial charge in [-0.1, -0.05) is 19.3 Å². The Kier molecular flexibility index (Phi) is 5.27. The Morgan fingerprint density at radius 3 is 2.67 bits per heavy atom. The molecule has 6 nitrogen and oxygen atoms in total. The maximum Gasteiger partial charge on any atom is 0.311 e. The third kappa shape index (κ3) is 3.78. The summed E-state index contributed by atoms with van der Waals surface area (Å²) in [4.78, 5) is 15.0. The van der Waals surface area contributed by atoms with Gasteiger partial charge in [-0.3, -0.25) is 10.1 Å². The number of hydrogen-bond acceptors (Lipinski definition) is 6. The second kappa shape index (κ2) is 6.98. The van der Waals surface area contributed by atoms with Crippen molar-refractivity contribution in [3.63, 3.8) is 0 Å². The summed E-state index contributed by atoms with van der Waals surface area (Å²) in [5.74, 6) is 0.982. The van der Waals surface area contributed by atoms with Gasteiger partial charge in [0.25, 0.3) is 0 Å². The number of thioether (sulfide) groups is 1.